The maximum absolute atomic E-state index is 11.6. The molecule has 0 saturated carbocycles. The molecule has 26 heavy (non-hydrogen) atoms. The number of anilines is 1. The predicted octanol–water partition coefficient (Wildman–Crippen LogP) is 1.13. The lowest BCUT2D eigenvalue weighted by Gasteiger charge is -2.27. The number of carbonyl (C=O) groups is 1. The van der Waals surface area contributed by atoms with E-state index in [1.807, 2.05) is 29.9 Å². The minimum atomic E-state index is -0.105. The standard InChI is InChI=1S/C18H27N7O/c1-22(2)17-6-5-14(10-19-17)12-24-7-8-25-16(13-24)9-15(21-25)11-20-18(26)23(3)4/h5-6,9-10H,7-8,11-13H2,1-4H3,(H,20,26). The average Bonchev–Trinajstić information content (AvgIpc) is 3.02. The minimum Gasteiger partial charge on any atom is -0.363 e. The molecule has 140 valence electrons. The first-order chi connectivity index (χ1) is 12.4. The van der Waals surface area contributed by atoms with E-state index in [1.54, 1.807) is 14.1 Å². The van der Waals surface area contributed by atoms with Gasteiger partial charge in [-0.3, -0.25) is 9.58 Å². The van der Waals surface area contributed by atoms with Crippen LogP contribution in [0.3, 0.4) is 0 Å². The van der Waals surface area contributed by atoms with Gasteiger partial charge in [0.15, 0.2) is 0 Å². The van der Waals surface area contributed by atoms with E-state index in [0.29, 0.717) is 6.54 Å². The van der Waals surface area contributed by atoms with Crippen molar-refractivity contribution >= 4 is 11.8 Å². The normalized spacial score (nSPS) is 14.0. The van der Waals surface area contributed by atoms with Crippen LogP contribution in [0.5, 0.6) is 0 Å². The fourth-order valence-corrected chi connectivity index (χ4v) is 2.96. The Morgan fingerprint density at radius 2 is 2.04 bits per heavy atom. The van der Waals surface area contributed by atoms with Gasteiger partial charge in [-0.1, -0.05) is 6.07 Å². The van der Waals surface area contributed by atoms with E-state index >= 15 is 0 Å². The number of hydrogen-bond acceptors (Lipinski definition) is 5. The first-order valence-electron chi connectivity index (χ1n) is 8.78. The number of nitrogens with one attached hydrogen (secondary N) is 1. The third-order valence-corrected chi connectivity index (χ3v) is 4.43. The SMILES string of the molecule is CN(C)C(=O)NCc1cc2n(n1)CCN(Cc1ccc(N(C)C)nc1)C2. The molecule has 3 rings (SSSR count). The van der Waals surface area contributed by atoms with E-state index < -0.39 is 0 Å². The van der Waals surface area contributed by atoms with Gasteiger partial charge in [0, 0.05) is 54.0 Å². The Hall–Kier alpha value is -2.61. The van der Waals surface area contributed by atoms with E-state index in [4.69, 9.17) is 0 Å². The van der Waals surface area contributed by atoms with E-state index in [1.165, 1.54) is 16.2 Å². The molecule has 0 fully saturated rings. The smallest absolute Gasteiger partial charge is 0.317 e. The summed E-state index contributed by atoms with van der Waals surface area (Å²) >= 11 is 0. The Bertz CT molecular complexity index is 751. The predicted molar refractivity (Wildman–Crippen MR) is 101 cm³/mol. The summed E-state index contributed by atoms with van der Waals surface area (Å²) in [6, 6.07) is 6.16. The van der Waals surface area contributed by atoms with Crippen LogP contribution in [-0.4, -0.2) is 65.3 Å². The van der Waals surface area contributed by atoms with Gasteiger partial charge in [0.25, 0.3) is 0 Å². The maximum Gasteiger partial charge on any atom is 0.317 e. The molecule has 0 radical (unpaired) electrons. The number of urea groups is 1. The molecular formula is C18H27N7O. The Kier molecular flexibility index (Phi) is 5.41. The van der Waals surface area contributed by atoms with Gasteiger partial charge in [-0.15, -0.1) is 0 Å². The summed E-state index contributed by atoms with van der Waals surface area (Å²) in [6.45, 7) is 3.99. The summed E-state index contributed by atoms with van der Waals surface area (Å²) in [4.78, 5) is 22.0. The molecule has 3 heterocycles. The number of carbonyl (C=O) groups excluding carboxylic acids is 1. The molecule has 0 bridgehead atoms. The lowest BCUT2D eigenvalue weighted by molar-refractivity contribution is 0.205. The van der Waals surface area contributed by atoms with Crippen molar-refractivity contribution in [3.05, 3.63) is 41.3 Å². The van der Waals surface area contributed by atoms with Crippen molar-refractivity contribution in [3.8, 4) is 0 Å². The molecule has 1 aliphatic heterocycles. The second-order valence-corrected chi connectivity index (χ2v) is 7.03. The monoisotopic (exact) mass is 357 g/mol. The summed E-state index contributed by atoms with van der Waals surface area (Å²) in [5, 5.41) is 7.45. The van der Waals surface area contributed by atoms with Gasteiger partial charge in [-0.05, 0) is 17.7 Å². The molecule has 1 N–H and O–H groups in total. The first-order valence-corrected chi connectivity index (χ1v) is 8.78. The van der Waals surface area contributed by atoms with Gasteiger partial charge >= 0.3 is 6.03 Å². The molecule has 2 aromatic rings. The van der Waals surface area contributed by atoms with Gasteiger partial charge in [0.2, 0.25) is 0 Å². The summed E-state index contributed by atoms with van der Waals surface area (Å²) in [5.41, 5.74) is 3.29. The summed E-state index contributed by atoms with van der Waals surface area (Å²) in [6.07, 6.45) is 1.95. The third kappa shape index (κ3) is 4.32. The Balaban J connectivity index is 1.58. The zero-order valence-corrected chi connectivity index (χ0v) is 15.9. The minimum absolute atomic E-state index is 0.105. The van der Waals surface area contributed by atoms with E-state index in [2.05, 4.69) is 38.5 Å². The third-order valence-electron chi connectivity index (χ3n) is 4.43. The highest BCUT2D eigenvalue weighted by Crippen LogP contribution is 2.17. The van der Waals surface area contributed by atoms with Crippen LogP contribution < -0.4 is 10.2 Å². The van der Waals surface area contributed by atoms with Crippen LogP contribution in [0.4, 0.5) is 10.6 Å². The second-order valence-electron chi connectivity index (χ2n) is 7.03. The molecular weight excluding hydrogens is 330 g/mol. The summed E-state index contributed by atoms with van der Waals surface area (Å²) < 4.78 is 2.04. The van der Waals surface area contributed by atoms with Crippen LogP contribution in [0.2, 0.25) is 0 Å². The first kappa shape index (κ1) is 18.2. The summed E-state index contributed by atoms with van der Waals surface area (Å²) in [7, 11) is 7.44. The second kappa shape index (κ2) is 7.74. The van der Waals surface area contributed by atoms with Crippen molar-refractivity contribution in [2.75, 3.05) is 39.6 Å². The average molecular weight is 357 g/mol. The zero-order valence-electron chi connectivity index (χ0n) is 15.9. The van der Waals surface area contributed by atoms with Crippen molar-refractivity contribution in [1.82, 2.24) is 29.9 Å². The van der Waals surface area contributed by atoms with Crippen molar-refractivity contribution in [2.24, 2.45) is 0 Å². The number of nitrogens with zero attached hydrogens (tertiary/aromatic N) is 6. The van der Waals surface area contributed by atoms with Crippen LogP contribution in [0.1, 0.15) is 17.0 Å². The molecule has 0 atom stereocenters. The fourth-order valence-electron chi connectivity index (χ4n) is 2.96. The fraction of sp³-hybridized carbons (Fsp3) is 0.500. The van der Waals surface area contributed by atoms with Gasteiger partial charge in [0.05, 0.1) is 24.5 Å². The lowest BCUT2D eigenvalue weighted by atomic mass is 10.2. The molecule has 0 saturated heterocycles. The zero-order chi connectivity index (χ0) is 18.7. The summed E-state index contributed by atoms with van der Waals surface area (Å²) in [5.74, 6) is 0.967. The quantitative estimate of drug-likeness (QED) is 0.869. The Morgan fingerprint density at radius 1 is 1.23 bits per heavy atom. The number of rotatable bonds is 5. The molecule has 0 aliphatic carbocycles. The maximum atomic E-state index is 11.6. The van der Waals surface area contributed by atoms with Crippen LogP contribution >= 0.6 is 0 Å². The number of amides is 2. The highest BCUT2D eigenvalue weighted by atomic mass is 16.2. The molecule has 1 aliphatic rings. The largest absolute Gasteiger partial charge is 0.363 e. The number of fused-ring (bicyclic) bond motifs is 1. The molecule has 8 heteroatoms. The van der Waals surface area contributed by atoms with Gasteiger partial charge in [-0.2, -0.15) is 5.10 Å². The van der Waals surface area contributed by atoms with E-state index in [9.17, 15) is 4.79 Å². The van der Waals surface area contributed by atoms with Gasteiger partial charge in [0.1, 0.15) is 5.82 Å². The Labute approximate surface area is 154 Å². The molecule has 0 spiro atoms. The van der Waals surface area contributed by atoms with Crippen LogP contribution in [0.25, 0.3) is 0 Å². The van der Waals surface area contributed by atoms with Crippen LogP contribution in [-0.2, 0) is 26.2 Å². The van der Waals surface area contributed by atoms with Crippen LogP contribution in [0.15, 0.2) is 24.4 Å². The lowest BCUT2D eigenvalue weighted by Crippen LogP contribution is -2.34. The van der Waals surface area contributed by atoms with Gasteiger partial charge in [-0.25, -0.2) is 9.78 Å². The number of aromatic nitrogens is 3. The molecule has 2 amide bonds. The van der Waals surface area contributed by atoms with Crippen molar-refractivity contribution < 1.29 is 4.79 Å². The molecule has 0 aromatic carbocycles. The molecule has 8 nitrogen and oxygen atoms in total. The molecule has 2 aromatic heterocycles. The van der Waals surface area contributed by atoms with Crippen molar-refractivity contribution in [3.63, 3.8) is 0 Å². The van der Waals surface area contributed by atoms with Crippen LogP contribution in [0, 0.1) is 0 Å². The topological polar surface area (TPSA) is 69.5 Å². The van der Waals surface area contributed by atoms with Gasteiger partial charge < -0.3 is 15.1 Å². The van der Waals surface area contributed by atoms with E-state index in [0.717, 1.165) is 37.7 Å². The highest BCUT2D eigenvalue weighted by Gasteiger charge is 2.19. The highest BCUT2D eigenvalue weighted by molar-refractivity contribution is 5.73. The van der Waals surface area contributed by atoms with E-state index in [-0.39, 0.29) is 6.03 Å². The number of hydrogen-bond donors (Lipinski definition) is 1. The van der Waals surface area contributed by atoms with Crippen molar-refractivity contribution in [2.45, 2.75) is 26.2 Å². The molecule has 0 unspecified atom stereocenters. The number of pyridine rings is 1. The Morgan fingerprint density at radius 3 is 2.69 bits per heavy atom. The van der Waals surface area contributed by atoms with Crippen molar-refractivity contribution in [1.29, 1.82) is 0 Å².